The third-order valence-electron chi connectivity index (χ3n) is 3.00. The van der Waals surface area contributed by atoms with Crippen molar-refractivity contribution in [1.29, 1.82) is 0 Å². The van der Waals surface area contributed by atoms with Gasteiger partial charge in [-0.15, -0.1) is 0 Å². The molecule has 0 heterocycles. The topological polar surface area (TPSA) is 122 Å². The zero-order valence-electron chi connectivity index (χ0n) is 12.9. The van der Waals surface area contributed by atoms with Crippen molar-refractivity contribution in [3.63, 3.8) is 0 Å². The maximum Gasteiger partial charge on any atom is 0.326 e. The summed E-state index contributed by atoms with van der Waals surface area (Å²) < 4.78 is 0. The lowest BCUT2D eigenvalue weighted by Crippen LogP contribution is -2.54. The van der Waals surface area contributed by atoms with Gasteiger partial charge in [0.1, 0.15) is 12.1 Å². The van der Waals surface area contributed by atoms with Gasteiger partial charge in [0.15, 0.2) is 0 Å². The minimum absolute atomic E-state index is 0.0476. The van der Waals surface area contributed by atoms with Crippen LogP contribution in [0.5, 0.6) is 0 Å². The van der Waals surface area contributed by atoms with E-state index in [0.717, 1.165) is 0 Å². The number of amides is 2. The van der Waals surface area contributed by atoms with Gasteiger partial charge in [-0.2, -0.15) is 11.8 Å². The Labute approximate surface area is 129 Å². The van der Waals surface area contributed by atoms with E-state index in [1.165, 1.54) is 18.7 Å². The van der Waals surface area contributed by atoms with E-state index in [-0.39, 0.29) is 5.92 Å². The van der Waals surface area contributed by atoms with E-state index >= 15 is 0 Å². The number of hydrogen-bond acceptors (Lipinski definition) is 5. The molecular weight excluding hydrogens is 294 g/mol. The van der Waals surface area contributed by atoms with Crippen LogP contribution in [0, 0.1) is 5.92 Å². The fourth-order valence-corrected chi connectivity index (χ4v) is 1.94. The van der Waals surface area contributed by atoms with Gasteiger partial charge in [0, 0.05) is 0 Å². The molecule has 0 bridgehead atoms. The number of carboxylic acid groups (broad SMARTS) is 1. The molecule has 3 atom stereocenters. The van der Waals surface area contributed by atoms with E-state index in [2.05, 4.69) is 10.6 Å². The van der Waals surface area contributed by atoms with Crippen molar-refractivity contribution in [2.24, 2.45) is 11.7 Å². The van der Waals surface area contributed by atoms with E-state index < -0.39 is 35.9 Å². The Balaban J connectivity index is 4.48. The van der Waals surface area contributed by atoms with E-state index in [4.69, 9.17) is 10.8 Å². The van der Waals surface area contributed by atoms with Crippen molar-refractivity contribution in [2.75, 3.05) is 12.0 Å². The number of carboxylic acids is 1. The molecule has 0 aromatic carbocycles. The van der Waals surface area contributed by atoms with E-state index in [1.807, 2.05) is 6.26 Å². The smallest absolute Gasteiger partial charge is 0.326 e. The summed E-state index contributed by atoms with van der Waals surface area (Å²) in [6.45, 7) is 5.10. The van der Waals surface area contributed by atoms with Gasteiger partial charge in [-0.05, 0) is 31.3 Å². The van der Waals surface area contributed by atoms with Crippen LogP contribution in [0.25, 0.3) is 0 Å². The Morgan fingerprint density at radius 2 is 1.71 bits per heavy atom. The summed E-state index contributed by atoms with van der Waals surface area (Å²) in [6.07, 6.45) is 2.19. The first-order valence-electron chi connectivity index (χ1n) is 6.78. The van der Waals surface area contributed by atoms with Gasteiger partial charge < -0.3 is 21.5 Å². The summed E-state index contributed by atoms with van der Waals surface area (Å²) >= 11 is 1.50. The van der Waals surface area contributed by atoms with Crippen LogP contribution in [-0.2, 0) is 14.4 Å². The Kier molecular flexibility index (Phi) is 9.03. The predicted octanol–water partition coefficient (Wildman–Crippen LogP) is -0.203. The highest BCUT2D eigenvalue weighted by molar-refractivity contribution is 7.98. The first-order valence-corrected chi connectivity index (χ1v) is 8.18. The number of hydrogen-bond donors (Lipinski definition) is 4. The van der Waals surface area contributed by atoms with Crippen LogP contribution < -0.4 is 16.4 Å². The second-order valence-electron chi connectivity index (χ2n) is 5.18. The molecule has 0 aliphatic heterocycles. The second kappa shape index (κ2) is 9.62. The van der Waals surface area contributed by atoms with Crippen LogP contribution >= 0.6 is 11.8 Å². The fourth-order valence-electron chi connectivity index (χ4n) is 1.47. The lowest BCUT2D eigenvalue weighted by molar-refractivity contribution is -0.142. The monoisotopic (exact) mass is 319 g/mol. The zero-order valence-corrected chi connectivity index (χ0v) is 13.7. The largest absolute Gasteiger partial charge is 0.480 e. The molecule has 7 nitrogen and oxygen atoms in total. The Morgan fingerprint density at radius 3 is 2.14 bits per heavy atom. The fraction of sp³-hybridized carbons (Fsp3) is 0.769. The number of carbonyl (C=O) groups is 3. The Bertz CT molecular complexity index is 376. The molecule has 0 radical (unpaired) electrons. The molecule has 0 saturated heterocycles. The SMILES string of the molecule is CSCCC(NC(=O)C(C)NC(=O)C(N)C(C)C)C(=O)O. The molecular formula is C13H25N3O4S. The Hall–Kier alpha value is -1.28. The summed E-state index contributed by atoms with van der Waals surface area (Å²) in [6, 6.07) is -2.49. The second-order valence-corrected chi connectivity index (χ2v) is 6.17. The highest BCUT2D eigenvalue weighted by Gasteiger charge is 2.25. The average molecular weight is 319 g/mol. The maximum absolute atomic E-state index is 11.9. The van der Waals surface area contributed by atoms with E-state index in [0.29, 0.717) is 12.2 Å². The molecule has 0 aromatic heterocycles. The molecule has 0 aliphatic rings. The first-order chi connectivity index (χ1) is 9.70. The third kappa shape index (κ3) is 7.33. The van der Waals surface area contributed by atoms with Crippen molar-refractivity contribution in [2.45, 2.75) is 45.3 Å². The van der Waals surface area contributed by atoms with Crippen LogP contribution in [0.2, 0.25) is 0 Å². The number of carbonyl (C=O) groups excluding carboxylic acids is 2. The maximum atomic E-state index is 11.9. The van der Waals surface area contributed by atoms with Gasteiger partial charge in [0.05, 0.1) is 6.04 Å². The Morgan fingerprint density at radius 1 is 1.14 bits per heavy atom. The third-order valence-corrected chi connectivity index (χ3v) is 3.64. The average Bonchev–Trinajstić information content (AvgIpc) is 2.41. The molecule has 21 heavy (non-hydrogen) atoms. The summed E-state index contributed by atoms with van der Waals surface area (Å²) in [5.41, 5.74) is 5.68. The molecule has 0 fully saturated rings. The van der Waals surface area contributed by atoms with Crippen LogP contribution in [0.3, 0.4) is 0 Å². The van der Waals surface area contributed by atoms with Crippen LogP contribution in [-0.4, -0.2) is 53.0 Å². The van der Waals surface area contributed by atoms with Gasteiger partial charge in [0.25, 0.3) is 0 Å². The molecule has 0 rings (SSSR count). The lowest BCUT2D eigenvalue weighted by atomic mass is 10.0. The molecule has 0 aromatic rings. The molecule has 122 valence electrons. The van der Waals surface area contributed by atoms with Gasteiger partial charge in [-0.25, -0.2) is 4.79 Å². The number of thioether (sulfide) groups is 1. The highest BCUT2D eigenvalue weighted by atomic mass is 32.2. The minimum Gasteiger partial charge on any atom is -0.480 e. The van der Waals surface area contributed by atoms with Crippen molar-refractivity contribution < 1.29 is 19.5 Å². The quantitative estimate of drug-likeness (QED) is 0.467. The zero-order chi connectivity index (χ0) is 16.6. The van der Waals surface area contributed by atoms with Crippen LogP contribution in [0.1, 0.15) is 27.2 Å². The van der Waals surface area contributed by atoms with Crippen LogP contribution in [0.4, 0.5) is 0 Å². The van der Waals surface area contributed by atoms with Crippen molar-refractivity contribution in [1.82, 2.24) is 10.6 Å². The molecule has 2 amide bonds. The number of aliphatic carboxylic acids is 1. The van der Waals surface area contributed by atoms with Crippen molar-refractivity contribution in [3.05, 3.63) is 0 Å². The molecule has 8 heteroatoms. The number of nitrogens with two attached hydrogens (primary N) is 1. The first kappa shape index (κ1) is 19.7. The summed E-state index contributed by atoms with van der Waals surface area (Å²) in [7, 11) is 0. The number of rotatable bonds is 9. The highest BCUT2D eigenvalue weighted by Crippen LogP contribution is 2.02. The predicted molar refractivity (Wildman–Crippen MR) is 83.0 cm³/mol. The molecule has 3 unspecified atom stereocenters. The summed E-state index contributed by atoms with van der Waals surface area (Å²) in [4.78, 5) is 34.7. The van der Waals surface area contributed by atoms with E-state index in [1.54, 1.807) is 13.8 Å². The minimum atomic E-state index is -1.09. The van der Waals surface area contributed by atoms with Gasteiger partial charge in [-0.1, -0.05) is 13.8 Å². The normalized spacial score (nSPS) is 15.1. The van der Waals surface area contributed by atoms with Gasteiger partial charge >= 0.3 is 5.97 Å². The van der Waals surface area contributed by atoms with Crippen LogP contribution in [0.15, 0.2) is 0 Å². The molecule has 0 spiro atoms. The molecule has 5 N–H and O–H groups in total. The standard InChI is InChI=1S/C13H25N3O4S/c1-7(2)10(14)12(18)15-8(3)11(17)16-9(13(19)20)5-6-21-4/h7-10H,5-6,14H2,1-4H3,(H,15,18)(H,16,17)(H,19,20). The number of nitrogens with one attached hydrogen (secondary N) is 2. The van der Waals surface area contributed by atoms with Gasteiger partial charge in [-0.3, -0.25) is 9.59 Å². The van der Waals surface area contributed by atoms with Gasteiger partial charge in [0.2, 0.25) is 11.8 Å². The lowest BCUT2D eigenvalue weighted by Gasteiger charge is -2.21. The van der Waals surface area contributed by atoms with E-state index in [9.17, 15) is 14.4 Å². The van der Waals surface area contributed by atoms with Crippen molar-refractivity contribution in [3.8, 4) is 0 Å². The summed E-state index contributed by atoms with van der Waals surface area (Å²) in [5.74, 6) is -1.48. The molecule has 0 saturated carbocycles. The van der Waals surface area contributed by atoms with Crippen molar-refractivity contribution >= 4 is 29.5 Å². The summed E-state index contributed by atoms with van der Waals surface area (Å²) in [5, 5.41) is 13.9. The molecule has 0 aliphatic carbocycles.